The summed E-state index contributed by atoms with van der Waals surface area (Å²) >= 11 is 0. The van der Waals surface area contributed by atoms with Gasteiger partial charge < -0.3 is 20.3 Å². The van der Waals surface area contributed by atoms with Gasteiger partial charge >= 0.3 is 0 Å². The first-order valence-corrected chi connectivity index (χ1v) is 11.3. The van der Waals surface area contributed by atoms with E-state index in [1.165, 1.54) is 57.4 Å². The molecule has 2 fully saturated rings. The number of rotatable bonds is 8. The summed E-state index contributed by atoms with van der Waals surface area (Å²) in [5.74, 6) is 2.53. The number of hydrogen-bond donors (Lipinski definition) is 2. The third-order valence-electron chi connectivity index (χ3n) is 6.38. The highest BCUT2D eigenvalue weighted by molar-refractivity contribution is 14.0. The molecule has 3 rings (SSSR count). The molecular formula is C23H40IN5O. The van der Waals surface area contributed by atoms with Crippen LogP contribution in [0.3, 0.4) is 0 Å². The number of guanidine groups is 1. The van der Waals surface area contributed by atoms with Crippen molar-refractivity contribution in [2.45, 2.75) is 38.6 Å². The Morgan fingerprint density at radius 2 is 1.87 bits per heavy atom. The Bertz CT molecular complexity index is 633. The van der Waals surface area contributed by atoms with Gasteiger partial charge in [0.25, 0.3) is 0 Å². The van der Waals surface area contributed by atoms with Crippen LogP contribution in [0.15, 0.2) is 29.3 Å². The monoisotopic (exact) mass is 529 g/mol. The second-order valence-corrected chi connectivity index (χ2v) is 8.27. The first-order valence-electron chi connectivity index (χ1n) is 11.3. The number of methoxy groups -OCH3 is 1. The molecule has 0 spiro atoms. The van der Waals surface area contributed by atoms with Crippen LogP contribution in [-0.2, 0) is 0 Å². The second-order valence-electron chi connectivity index (χ2n) is 8.27. The van der Waals surface area contributed by atoms with Gasteiger partial charge in [-0.05, 0) is 75.5 Å². The van der Waals surface area contributed by atoms with Crippen LogP contribution in [0.2, 0.25) is 0 Å². The molecule has 2 aliphatic heterocycles. The fourth-order valence-corrected chi connectivity index (χ4v) is 4.60. The van der Waals surface area contributed by atoms with E-state index < -0.39 is 0 Å². The molecule has 2 unspecified atom stereocenters. The fraction of sp³-hybridized carbons (Fsp3) is 0.696. The van der Waals surface area contributed by atoms with E-state index in [1.54, 1.807) is 7.11 Å². The van der Waals surface area contributed by atoms with Crippen molar-refractivity contribution in [2.24, 2.45) is 10.9 Å². The summed E-state index contributed by atoms with van der Waals surface area (Å²) in [4.78, 5) is 9.61. The van der Waals surface area contributed by atoms with E-state index in [4.69, 9.17) is 4.74 Å². The minimum atomic E-state index is 0. The van der Waals surface area contributed by atoms with E-state index >= 15 is 0 Å². The maximum Gasteiger partial charge on any atom is 0.191 e. The number of halogens is 1. The van der Waals surface area contributed by atoms with Crippen molar-refractivity contribution in [1.82, 2.24) is 20.4 Å². The number of benzene rings is 1. The lowest BCUT2D eigenvalue weighted by molar-refractivity contribution is 0.183. The largest absolute Gasteiger partial charge is 0.497 e. The molecule has 0 aromatic heterocycles. The molecule has 2 heterocycles. The Labute approximate surface area is 199 Å². The third-order valence-corrected chi connectivity index (χ3v) is 6.38. The normalized spacial score (nSPS) is 21.7. The number of nitrogens with zero attached hydrogens (tertiary/aromatic N) is 3. The van der Waals surface area contributed by atoms with Crippen LogP contribution in [0.1, 0.15) is 44.2 Å². The molecule has 2 atom stereocenters. The lowest BCUT2D eigenvalue weighted by Gasteiger charge is -2.32. The summed E-state index contributed by atoms with van der Waals surface area (Å²) in [6.45, 7) is 10.0. The molecular weight excluding hydrogens is 489 g/mol. The van der Waals surface area contributed by atoms with Gasteiger partial charge in [0, 0.05) is 26.7 Å². The van der Waals surface area contributed by atoms with E-state index in [0.717, 1.165) is 31.3 Å². The van der Waals surface area contributed by atoms with Crippen molar-refractivity contribution in [3.05, 3.63) is 29.8 Å². The van der Waals surface area contributed by atoms with Gasteiger partial charge in [-0.15, -0.1) is 24.0 Å². The van der Waals surface area contributed by atoms with Gasteiger partial charge in [0.2, 0.25) is 0 Å². The van der Waals surface area contributed by atoms with Gasteiger partial charge in [0.15, 0.2) is 5.96 Å². The van der Waals surface area contributed by atoms with Crippen LogP contribution < -0.4 is 15.4 Å². The van der Waals surface area contributed by atoms with Gasteiger partial charge in [-0.25, -0.2) is 0 Å². The van der Waals surface area contributed by atoms with E-state index in [-0.39, 0.29) is 24.0 Å². The SMILES string of the molecule is CCN1CCCC(CNC(=NC)NCC(c2ccc(OC)cc2)N2CCCC2)C1.I. The van der Waals surface area contributed by atoms with Crippen LogP contribution in [-0.4, -0.2) is 75.7 Å². The minimum absolute atomic E-state index is 0. The van der Waals surface area contributed by atoms with Crippen LogP contribution in [0, 0.1) is 5.92 Å². The van der Waals surface area contributed by atoms with Crippen molar-refractivity contribution in [1.29, 1.82) is 0 Å². The van der Waals surface area contributed by atoms with Crippen LogP contribution in [0.25, 0.3) is 0 Å². The van der Waals surface area contributed by atoms with Gasteiger partial charge in [-0.2, -0.15) is 0 Å². The van der Waals surface area contributed by atoms with Crippen molar-refractivity contribution in [3.63, 3.8) is 0 Å². The highest BCUT2D eigenvalue weighted by Gasteiger charge is 2.24. The van der Waals surface area contributed by atoms with Crippen molar-refractivity contribution in [3.8, 4) is 5.75 Å². The Balaban J connectivity index is 0.00000320. The maximum absolute atomic E-state index is 5.33. The Morgan fingerprint density at radius 3 is 2.50 bits per heavy atom. The third kappa shape index (κ3) is 7.27. The minimum Gasteiger partial charge on any atom is -0.497 e. The molecule has 0 saturated carbocycles. The van der Waals surface area contributed by atoms with Crippen LogP contribution >= 0.6 is 24.0 Å². The maximum atomic E-state index is 5.33. The molecule has 30 heavy (non-hydrogen) atoms. The summed E-state index contributed by atoms with van der Waals surface area (Å²) in [6.07, 6.45) is 5.19. The Kier molecular flexibility index (Phi) is 11.2. The lowest BCUT2D eigenvalue weighted by Crippen LogP contribution is -2.46. The first kappa shape index (κ1) is 25.2. The molecule has 0 bridgehead atoms. The molecule has 1 aromatic carbocycles. The van der Waals surface area contributed by atoms with E-state index in [9.17, 15) is 0 Å². The molecule has 0 amide bonds. The van der Waals surface area contributed by atoms with Crippen LogP contribution in [0.4, 0.5) is 0 Å². The number of aliphatic imine (C=N–C) groups is 1. The summed E-state index contributed by atoms with van der Waals surface area (Å²) in [5.41, 5.74) is 1.33. The van der Waals surface area contributed by atoms with Gasteiger partial charge in [0.05, 0.1) is 13.2 Å². The van der Waals surface area contributed by atoms with Crippen molar-refractivity contribution < 1.29 is 4.74 Å². The van der Waals surface area contributed by atoms with E-state index in [0.29, 0.717) is 12.0 Å². The highest BCUT2D eigenvalue weighted by atomic mass is 127. The molecule has 2 aliphatic rings. The zero-order valence-corrected chi connectivity index (χ0v) is 21.2. The average molecular weight is 530 g/mol. The van der Waals surface area contributed by atoms with Crippen molar-refractivity contribution >= 4 is 29.9 Å². The first-order chi connectivity index (χ1) is 14.2. The molecule has 2 saturated heterocycles. The molecule has 2 N–H and O–H groups in total. The number of likely N-dealkylation sites (tertiary alicyclic amines) is 2. The summed E-state index contributed by atoms with van der Waals surface area (Å²) in [6, 6.07) is 8.87. The second kappa shape index (κ2) is 13.4. The summed E-state index contributed by atoms with van der Waals surface area (Å²) in [7, 11) is 3.59. The van der Waals surface area contributed by atoms with Crippen molar-refractivity contribution in [2.75, 3.05) is 60.0 Å². The summed E-state index contributed by atoms with van der Waals surface area (Å²) < 4.78 is 5.33. The summed E-state index contributed by atoms with van der Waals surface area (Å²) in [5, 5.41) is 7.16. The number of nitrogens with one attached hydrogen (secondary N) is 2. The van der Waals surface area contributed by atoms with Gasteiger partial charge in [-0.1, -0.05) is 19.1 Å². The molecule has 7 heteroatoms. The highest BCUT2D eigenvalue weighted by Crippen LogP contribution is 2.26. The number of piperidine rings is 1. The molecule has 1 aromatic rings. The van der Waals surface area contributed by atoms with Gasteiger partial charge in [0.1, 0.15) is 5.75 Å². The predicted molar refractivity (Wildman–Crippen MR) is 136 cm³/mol. The predicted octanol–water partition coefficient (Wildman–Crippen LogP) is 3.35. The average Bonchev–Trinajstić information content (AvgIpc) is 3.31. The van der Waals surface area contributed by atoms with E-state index in [1.807, 2.05) is 7.05 Å². The zero-order valence-electron chi connectivity index (χ0n) is 18.9. The molecule has 170 valence electrons. The Hall–Kier alpha value is -1.06. The molecule has 0 aliphatic carbocycles. The lowest BCUT2D eigenvalue weighted by atomic mass is 9.98. The fourth-order valence-electron chi connectivity index (χ4n) is 4.60. The number of hydrogen-bond acceptors (Lipinski definition) is 4. The smallest absolute Gasteiger partial charge is 0.191 e. The van der Waals surface area contributed by atoms with E-state index in [2.05, 4.69) is 56.6 Å². The van der Waals surface area contributed by atoms with Gasteiger partial charge in [-0.3, -0.25) is 9.89 Å². The standard InChI is InChI=1S/C23H39N5O.HI/c1-4-27-13-7-8-19(18-27)16-25-23(24-2)26-17-22(28-14-5-6-15-28)20-9-11-21(29-3)12-10-20;/h9-12,19,22H,4-8,13-18H2,1-3H3,(H2,24,25,26);1H. The molecule has 0 radical (unpaired) electrons. The quantitative estimate of drug-likeness (QED) is 0.308. The Morgan fingerprint density at radius 1 is 1.13 bits per heavy atom. The molecule has 6 nitrogen and oxygen atoms in total. The topological polar surface area (TPSA) is 52.1 Å². The number of ether oxygens (including phenoxy) is 1. The van der Waals surface area contributed by atoms with Crippen LogP contribution in [0.5, 0.6) is 5.75 Å². The zero-order chi connectivity index (χ0) is 20.5.